The average molecular weight is 336 g/mol. The van der Waals surface area contributed by atoms with E-state index < -0.39 is 0 Å². The third kappa shape index (κ3) is 2.99. The molecule has 2 heteroatoms. The van der Waals surface area contributed by atoms with Gasteiger partial charge in [-0.1, -0.05) is 45.0 Å². The van der Waals surface area contributed by atoms with Crippen molar-refractivity contribution in [3.8, 4) is 11.4 Å². The molecule has 0 saturated carbocycles. The maximum absolute atomic E-state index is 2.47. The second-order valence-electron chi connectivity index (χ2n) is 9.16. The highest BCUT2D eigenvalue weighted by atomic mass is 15.2. The second kappa shape index (κ2) is 5.72. The summed E-state index contributed by atoms with van der Waals surface area (Å²) in [7, 11) is 2.18. The minimum atomic E-state index is 0.00529. The summed E-state index contributed by atoms with van der Waals surface area (Å²) in [5.41, 5.74) is 6.75. The van der Waals surface area contributed by atoms with Gasteiger partial charge >= 0.3 is 0 Å². The van der Waals surface area contributed by atoms with Crippen molar-refractivity contribution in [2.45, 2.75) is 59.4 Å². The van der Waals surface area contributed by atoms with Crippen LogP contribution in [0.2, 0.25) is 0 Å². The molecular formula is C23H31N2+. The molecule has 0 unspecified atom stereocenters. The van der Waals surface area contributed by atoms with Crippen molar-refractivity contribution in [2.24, 2.45) is 7.05 Å². The molecule has 1 aromatic heterocycles. The van der Waals surface area contributed by atoms with Crippen molar-refractivity contribution in [3.05, 3.63) is 53.6 Å². The number of aryl methyl sites for hydroxylation is 2. The number of nitrogens with zero attached hydrogens (tertiary/aromatic N) is 2. The molecule has 2 aromatic carbocycles. The van der Waals surface area contributed by atoms with Gasteiger partial charge in [0.1, 0.15) is 5.54 Å². The van der Waals surface area contributed by atoms with Crippen molar-refractivity contribution in [1.82, 2.24) is 4.57 Å². The topological polar surface area (TPSA) is 8.81 Å². The van der Waals surface area contributed by atoms with Crippen molar-refractivity contribution in [1.29, 1.82) is 0 Å². The van der Waals surface area contributed by atoms with Crippen LogP contribution >= 0.6 is 0 Å². The Morgan fingerprint density at radius 2 is 1.52 bits per heavy atom. The minimum Gasteiger partial charge on any atom is -0.226 e. The van der Waals surface area contributed by atoms with Gasteiger partial charge < -0.3 is 0 Å². The van der Waals surface area contributed by atoms with E-state index in [0.29, 0.717) is 0 Å². The zero-order chi connectivity index (χ0) is 18.6. The van der Waals surface area contributed by atoms with Crippen LogP contribution < -0.4 is 4.57 Å². The van der Waals surface area contributed by atoms with Crippen LogP contribution in [0.25, 0.3) is 22.4 Å². The van der Waals surface area contributed by atoms with Gasteiger partial charge in [0.2, 0.25) is 0 Å². The second-order valence-corrected chi connectivity index (χ2v) is 9.16. The number of rotatable bonds is 1. The van der Waals surface area contributed by atoms with E-state index in [4.69, 9.17) is 0 Å². The molecule has 0 amide bonds. The lowest BCUT2D eigenvalue weighted by Crippen LogP contribution is -2.33. The molecule has 0 saturated heterocycles. The summed E-state index contributed by atoms with van der Waals surface area (Å²) >= 11 is 0. The van der Waals surface area contributed by atoms with Crippen LogP contribution in [-0.2, 0) is 18.0 Å². The largest absolute Gasteiger partial charge is 0.290 e. The molecule has 0 aliphatic heterocycles. The molecule has 0 atom stereocenters. The van der Waals surface area contributed by atoms with Crippen LogP contribution in [0.15, 0.2) is 42.5 Å². The Kier molecular flexibility index (Phi) is 4.06. The number of fused-ring (bicyclic) bond motifs is 1. The summed E-state index contributed by atoms with van der Waals surface area (Å²) in [4.78, 5) is 0. The number of benzene rings is 2. The number of imidazole rings is 1. The molecule has 0 N–H and O–H groups in total. The predicted molar refractivity (Wildman–Crippen MR) is 107 cm³/mol. The van der Waals surface area contributed by atoms with Crippen molar-refractivity contribution < 1.29 is 4.57 Å². The van der Waals surface area contributed by atoms with E-state index >= 15 is 0 Å². The Hall–Kier alpha value is -2.09. The lowest BCUT2D eigenvalue weighted by molar-refractivity contribution is -0.634. The van der Waals surface area contributed by atoms with E-state index in [1.807, 2.05) is 0 Å². The number of aromatic nitrogens is 2. The monoisotopic (exact) mass is 335 g/mol. The lowest BCUT2D eigenvalue weighted by Gasteiger charge is -2.22. The summed E-state index contributed by atoms with van der Waals surface area (Å²) in [6, 6.07) is 15.6. The number of para-hydroxylation sites is 2. The van der Waals surface area contributed by atoms with Crippen LogP contribution in [0.1, 0.15) is 52.7 Å². The molecule has 3 aromatic rings. The molecule has 0 fully saturated rings. The predicted octanol–water partition coefficient (Wildman–Crippen LogP) is 5.49. The smallest absolute Gasteiger partial charge is 0.226 e. The molecule has 0 spiro atoms. The molecular weight excluding hydrogens is 304 g/mol. The van der Waals surface area contributed by atoms with Gasteiger partial charge in [-0.15, -0.1) is 0 Å². The minimum absolute atomic E-state index is 0.00529. The summed E-state index contributed by atoms with van der Waals surface area (Å²) < 4.78 is 4.81. The third-order valence-electron chi connectivity index (χ3n) is 5.02. The SMILES string of the molecule is Cc1cc(C(C)(C)C)ccc1-c1n(C(C)(C)C)c2ccccc2[n+]1C. The molecule has 3 rings (SSSR count). The first-order valence-corrected chi connectivity index (χ1v) is 9.13. The zero-order valence-electron chi connectivity index (χ0n) is 16.9. The van der Waals surface area contributed by atoms with Gasteiger partial charge in [-0.2, -0.15) is 0 Å². The molecule has 0 radical (unpaired) electrons. The summed E-state index contributed by atoms with van der Waals surface area (Å²) in [6.07, 6.45) is 0. The summed E-state index contributed by atoms with van der Waals surface area (Å²) in [5, 5.41) is 0. The molecule has 0 aliphatic rings. The van der Waals surface area contributed by atoms with Gasteiger partial charge in [0, 0.05) is 0 Å². The van der Waals surface area contributed by atoms with Gasteiger partial charge in [-0.3, -0.25) is 0 Å². The van der Waals surface area contributed by atoms with Crippen LogP contribution in [0, 0.1) is 6.92 Å². The standard InChI is InChI=1S/C23H31N2/c1-16-15-17(22(2,3)4)13-14-18(16)21-24(8)19-11-9-10-12-20(19)25(21)23(5,6)7/h9-15H,1-8H3/q+1. The highest BCUT2D eigenvalue weighted by Crippen LogP contribution is 2.33. The van der Waals surface area contributed by atoms with Gasteiger partial charge in [0.15, 0.2) is 11.0 Å². The third-order valence-corrected chi connectivity index (χ3v) is 5.02. The average Bonchev–Trinajstić information content (AvgIpc) is 2.80. The first-order chi connectivity index (χ1) is 11.5. The molecule has 1 heterocycles. The van der Waals surface area contributed by atoms with Crippen LogP contribution in [0.3, 0.4) is 0 Å². The Bertz CT molecular complexity index is 931. The van der Waals surface area contributed by atoms with E-state index in [2.05, 4.69) is 107 Å². The molecule has 132 valence electrons. The van der Waals surface area contributed by atoms with E-state index in [0.717, 1.165) is 0 Å². The van der Waals surface area contributed by atoms with Gasteiger partial charge in [0.05, 0.1) is 12.6 Å². The first-order valence-electron chi connectivity index (χ1n) is 9.13. The fraction of sp³-hybridized carbons (Fsp3) is 0.435. The fourth-order valence-electron chi connectivity index (χ4n) is 3.68. The van der Waals surface area contributed by atoms with Crippen molar-refractivity contribution in [3.63, 3.8) is 0 Å². The van der Waals surface area contributed by atoms with Crippen LogP contribution in [-0.4, -0.2) is 4.57 Å². The van der Waals surface area contributed by atoms with E-state index in [1.165, 1.54) is 33.5 Å². The Balaban J connectivity index is 2.35. The van der Waals surface area contributed by atoms with E-state index in [9.17, 15) is 0 Å². The normalized spacial score (nSPS) is 12.8. The van der Waals surface area contributed by atoms with Gasteiger partial charge in [-0.05, 0) is 62.4 Å². The molecule has 0 aliphatic carbocycles. The first kappa shape index (κ1) is 17.7. The van der Waals surface area contributed by atoms with Gasteiger partial charge in [0.25, 0.3) is 5.82 Å². The Labute approximate surface area is 152 Å². The Morgan fingerprint density at radius 1 is 0.880 bits per heavy atom. The fourth-order valence-corrected chi connectivity index (χ4v) is 3.68. The Morgan fingerprint density at radius 3 is 2.08 bits per heavy atom. The van der Waals surface area contributed by atoms with E-state index in [-0.39, 0.29) is 11.0 Å². The van der Waals surface area contributed by atoms with Crippen molar-refractivity contribution >= 4 is 11.0 Å². The molecule has 2 nitrogen and oxygen atoms in total. The van der Waals surface area contributed by atoms with Crippen molar-refractivity contribution in [2.75, 3.05) is 0 Å². The highest BCUT2D eigenvalue weighted by molar-refractivity contribution is 5.77. The summed E-state index contributed by atoms with van der Waals surface area (Å²) in [6.45, 7) is 15.9. The van der Waals surface area contributed by atoms with Crippen LogP contribution in [0.5, 0.6) is 0 Å². The molecule has 0 bridgehead atoms. The molecule has 25 heavy (non-hydrogen) atoms. The maximum atomic E-state index is 2.47. The number of hydrogen-bond acceptors (Lipinski definition) is 0. The maximum Gasteiger partial charge on any atom is 0.290 e. The highest BCUT2D eigenvalue weighted by Gasteiger charge is 2.32. The quantitative estimate of drug-likeness (QED) is 0.520. The number of hydrogen-bond donors (Lipinski definition) is 0. The van der Waals surface area contributed by atoms with Crippen LogP contribution in [0.4, 0.5) is 0 Å². The zero-order valence-corrected chi connectivity index (χ0v) is 16.9. The summed E-state index contributed by atoms with van der Waals surface area (Å²) in [5.74, 6) is 1.27. The van der Waals surface area contributed by atoms with E-state index in [1.54, 1.807) is 0 Å². The van der Waals surface area contributed by atoms with Gasteiger partial charge in [-0.25, -0.2) is 9.13 Å². The lowest BCUT2D eigenvalue weighted by atomic mass is 9.85.